The van der Waals surface area contributed by atoms with Gasteiger partial charge in [-0.05, 0) is 26.0 Å². The third kappa shape index (κ3) is 3.08. The maximum absolute atomic E-state index is 12.2. The minimum atomic E-state index is -0.127. The van der Waals surface area contributed by atoms with Crippen LogP contribution in [0.1, 0.15) is 37.7 Å². The number of amides is 1. The van der Waals surface area contributed by atoms with E-state index >= 15 is 0 Å². The van der Waals surface area contributed by atoms with Gasteiger partial charge in [0.25, 0.3) is 5.91 Å². The fourth-order valence-corrected chi connectivity index (χ4v) is 2.53. The highest BCUT2D eigenvalue weighted by molar-refractivity contribution is 7.15. The topological polar surface area (TPSA) is 63.4 Å². The predicted molar refractivity (Wildman–Crippen MR) is 71.4 cm³/mol. The Balaban J connectivity index is 2.07. The largest absolute Gasteiger partial charge is 0.361 e. The summed E-state index contributed by atoms with van der Waals surface area (Å²) < 4.78 is 4.96. The van der Waals surface area contributed by atoms with Crippen LogP contribution >= 0.6 is 11.3 Å². The highest BCUT2D eigenvalue weighted by atomic mass is 32.1. The second-order valence-corrected chi connectivity index (χ2v) is 5.39. The van der Waals surface area contributed by atoms with E-state index in [1.54, 1.807) is 37.1 Å². The van der Waals surface area contributed by atoms with Gasteiger partial charge < -0.3 is 9.42 Å². The van der Waals surface area contributed by atoms with Crippen molar-refractivity contribution >= 4 is 23.0 Å². The molecule has 0 aliphatic rings. The van der Waals surface area contributed by atoms with Gasteiger partial charge in [0.1, 0.15) is 11.5 Å². The van der Waals surface area contributed by atoms with E-state index in [-0.39, 0.29) is 11.7 Å². The first-order chi connectivity index (χ1) is 8.97. The van der Waals surface area contributed by atoms with Gasteiger partial charge in [0, 0.05) is 13.1 Å². The molecule has 0 aliphatic carbocycles. The molecule has 0 unspecified atom stereocenters. The molecule has 1 amide bonds. The Bertz CT molecular complexity index is 615. The van der Waals surface area contributed by atoms with E-state index in [1.165, 1.54) is 18.3 Å². The Morgan fingerprint density at radius 3 is 2.58 bits per heavy atom. The lowest BCUT2D eigenvalue weighted by molar-refractivity contribution is 0.0787. The number of rotatable bonds is 4. The van der Waals surface area contributed by atoms with Gasteiger partial charge in [-0.25, -0.2) is 0 Å². The summed E-state index contributed by atoms with van der Waals surface area (Å²) in [4.78, 5) is 26.1. The van der Waals surface area contributed by atoms with Gasteiger partial charge in [0.2, 0.25) is 0 Å². The molecule has 0 N–H and O–H groups in total. The van der Waals surface area contributed by atoms with Crippen molar-refractivity contribution < 1.29 is 14.1 Å². The lowest BCUT2D eigenvalue weighted by Crippen LogP contribution is -2.25. The third-order valence-electron chi connectivity index (χ3n) is 2.59. The highest BCUT2D eigenvalue weighted by Crippen LogP contribution is 2.19. The van der Waals surface area contributed by atoms with Gasteiger partial charge in [-0.1, -0.05) is 5.16 Å². The van der Waals surface area contributed by atoms with E-state index in [0.29, 0.717) is 27.8 Å². The molecule has 5 nitrogen and oxygen atoms in total. The van der Waals surface area contributed by atoms with Crippen LogP contribution in [0.15, 0.2) is 22.7 Å². The van der Waals surface area contributed by atoms with Crippen LogP contribution in [0.25, 0.3) is 0 Å². The first-order valence-corrected chi connectivity index (χ1v) is 6.57. The second kappa shape index (κ2) is 5.36. The van der Waals surface area contributed by atoms with Crippen molar-refractivity contribution in [2.75, 3.05) is 7.05 Å². The molecule has 0 aliphatic heterocycles. The van der Waals surface area contributed by atoms with Gasteiger partial charge >= 0.3 is 0 Å². The Labute approximate surface area is 114 Å². The highest BCUT2D eigenvalue weighted by Gasteiger charge is 2.16. The van der Waals surface area contributed by atoms with Gasteiger partial charge in [-0.15, -0.1) is 11.3 Å². The number of thiophene rings is 1. The van der Waals surface area contributed by atoms with Crippen LogP contribution in [0.4, 0.5) is 0 Å². The van der Waals surface area contributed by atoms with E-state index < -0.39 is 0 Å². The van der Waals surface area contributed by atoms with E-state index in [4.69, 9.17) is 4.52 Å². The van der Waals surface area contributed by atoms with Crippen LogP contribution in [0.3, 0.4) is 0 Å². The van der Waals surface area contributed by atoms with Crippen LogP contribution in [-0.4, -0.2) is 28.8 Å². The van der Waals surface area contributed by atoms with Crippen LogP contribution in [0.2, 0.25) is 0 Å². The zero-order chi connectivity index (χ0) is 14.0. The van der Waals surface area contributed by atoms with Crippen molar-refractivity contribution in [3.05, 3.63) is 39.4 Å². The van der Waals surface area contributed by atoms with E-state index in [1.807, 2.05) is 0 Å². The zero-order valence-corrected chi connectivity index (χ0v) is 11.8. The lowest BCUT2D eigenvalue weighted by atomic mass is 10.3. The molecule has 2 aromatic heterocycles. The van der Waals surface area contributed by atoms with Crippen molar-refractivity contribution in [3.8, 4) is 0 Å². The minimum absolute atomic E-state index is 0.0289. The maximum Gasteiger partial charge on any atom is 0.264 e. The van der Waals surface area contributed by atoms with Crippen molar-refractivity contribution in [1.82, 2.24) is 10.1 Å². The van der Waals surface area contributed by atoms with Crippen LogP contribution in [-0.2, 0) is 6.54 Å². The summed E-state index contributed by atoms with van der Waals surface area (Å²) in [5, 5.41) is 3.85. The van der Waals surface area contributed by atoms with Gasteiger partial charge in [-0.3, -0.25) is 9.59 Å². The quantitative estimate of drug-likeness (QED) is 0.806. The Hall–Kier alpha value is -1.95. The first kappa shape index (κ1) is 13.5. The number of nitrogens with zero attached hydrogens (tertiary/aromatic N) is 2. The number of aromatic nitrogens is 1. The number of carbonyl (C=O) groups excluding carboxylic acids is 2. The minimum Gasteiger partial charge on any atom is -0.361 e. The standard InChI is InChI=1S/C13H14N2O3S/c1-8-6-10(14-18-8)7-15(3)13(17)12-5-4-11(19-12)9(2)16/h4-6H,7H2,1-3H3. The Kier molecular flexibility index (Phi) is 3.80. The SMILES string of the molecule is CC(=O)c1ccc(C(=O)N(C)Cc2cc(C)on2)s1. The summed E-state index contributed by atoms with van der Waals surface area (Å²) >= 11 is 1.21. The fraction of sp³-hybridized carbons (Fsp3) is 0.308. The molecule has 0 radical (unpaired) electrons. The van der Waals surface area contributed by atoms with Crippen molar-refractivity contribution in [1.29, 1.82) is 0 Å². The van der Waals surface area contributed by atoms with Crippen LogP contribution in [0, 0.1) is 6.92 Å². The first-order valence-electron chi connectivity index (χ1n) is 5.76. The summed E-state index contributed by atoms with van der Waals surface area (Å²) in [6.07, 6.45) is 0. The third-order valence-corrected chi connectivity index (χ3v) is 3.76. The Morgan fingerprint density at radius 2 is 2.05 bits per heavy atom. The molecule has 19 heavy (non-hydrogen) atoms. The van der Waals surface area contributed by atoms with Crippen molar-refractivity contribution in [3.63, 3.8) is 0 Å². The van der Waals surface area contributed by atoms with Gasteiger partial charge in [0.15, 0.2) is 5.78 Å². The number of carbonyl (C=O) groups is 2. The molecule has 0 bridgehead atoms. The average Bonchev–Trinajstić information content (AvgIpc) is 2.97. The van der Waals surface area contributed by atoms with Crippen LogP contribution < -0.4 is 0 Å². The molecule has 0 aromatic carbocycles. The lowest BCUT2D eigenvalue weighted by Gasteiger charge is -2.13. The molecule has 2 aromatic rings. The summed E-state index contributed by atoms with van der Waals surface area (Å²) in [6, 6.07) is 5.14. The molecule has 2 heterocycles. The van der Waals surface area contributed by atoms with Gasteiger partial charge in [0.05, 0.1) is 16.3 Å². The van der Waals surface area contributed by atoms with E-state index in [2.05, 4.69) is 5.16 Å². The van der Waals surface area contributed by atoms with E-state index in [0.717, 1.165) is 0 Å². The summed E-state index contributed by atoms with van der Waals surface area (Å²) in [5.41, 5.74) is 0.705. The predicted octanol–water partition coefficient (Wildman–Crippen LogP) is 2.52. The van der Waals surface area contributed by atoms with Crippen molar-refractivity contribution in [2.45, 2.75) is 20.4 Å². The monoisotopic (exact) mass is 278 g/mol. The van der Waals surface area contributed by atoms with E-state index in [9.17, 15) is 9.59 Å². The number of hydrogen-bond acceptors (Lipinski definition) is 5. The van der Waals surface area contributed by atoms with Crippen molar-refractivity contribution in [2.24, 2.45) is 0 Å². The molecule has 0 saturated heterocycles. The fourth-order valence-electron chi connectivity index (χ4n) is 1.64. The number of ketones is 1. The summed E-state index contributed by atoms with van der Waals surface area (Å²) in [6.45, 7) is 3.67. The number of aryl methyl sites for hydroxylation is 1. The molecule has 0 saturated carbocycles. The second-order valence-electron chi connectivity index (χ2n) is 4.31. The summed E-state index contributed by atoms with van der Waals surface area (Å²) in [5.74, 6) is 0.558. The molecule has 6 heteroatoms. The van der Waals surface area contributed by atoms with Crippen LogP contribution in [0.5, 0.6) is 0 Å². The molecule has 0 spiro atoms. The molecule has 100 valence electrons. The molecular weight excluding hydrogens is 264 g/mol. The molecular formula is C13H14N2O3S. The number of Topliss-reactive ketones (excluding diaryl/α,β-unsaturated/α-hetero) is 1. The normalized spacial score (nSPS) is 10.5. The van der Waals surface area contributed by atoms with Gasteiger partial charge in [-0.2, -0.15) is 0 Å². The molecule has 0 atom stereocenters. The Morgan fingerprint density at radius 1 is 1.37 bits per heavy atom. The molecule has 0 fully saturated rings. The maximum atomic E-state index is 12.2. The average molecular weight is 278 g/mol. The molecule has 2 rings (SSSR count). The zero-order valence-electron chi connectivity index (χ0n) is 11.0. The smallest absolute Gasteiger partial charge is 0.264 e. The summed E-state index contributed by atoms with van der Waals surface area (Å²) in [7, 11) is 1.69. The number of hydrogen-bond donors (Lipinski definition) is 0.